The molecular formula is C51H72BrClN6O15S. The number of likely N-dealkylation sites (N-methyl/N-ethyl adjacent to an activating group) is 3. The van der Waals surface area contributed by atoms with Crippen molar-refractivity contribution in [1.29, 1.82) is 0 Å². The third-order valence-corrected chi connectivity index (χ3v) is 15.8. The van der Waals surface area contributed by atoms with Crippen LogP contribution in [0.3, 0.4) is 0 Å². The summed E-state index contributed by atoms with van der Waals surface area (Å²) in [5.41, 5.74) is -1.20. The van der Waals surface area contributed by atoms with Crippen molar-refractivity contribution in [1.82, 2.24) is 24.4 Å². The first-order valence-corrected chi connectivity index (χ1v) is 26.9. The highest BCUT2D eigenvalue weighted by molar-refractivity contribution is 9.08. The second kappa shape index (κ2) is 27.4. The molecule has 0 spiro atoms. The number of hydrogen-bond donors (Lipinski definition) is 3. The summed E-state index contributed by atoms with van der Waals surface area (Å²) < 4.78 is 43.3. The van der Waals surface area contributed by atoms with E-state index in [0.29, 0.717) is 24.3 Å². The molecule has 0 radical (unpaired) electrons. The van der Waals surface area contributed by atoms with Crippen LogP contribution >= 0.6 is 39.5 Å². The van der Waals surface area contributed by atoms with Crippen LogP contribution < -0.4 is 19.3 Å². The minimum absolute atomic E-state index is 0.0750. The van der Waals surface area contributed by atoms with Gasteiger partial charge in [0.2, 0.25) is 11.8 Å². The zero-order valence-corrected chi connectivity index (χ0v) is 47.4. The Bertz CT molecular complexity index is 2350. The lowest BCUT2D eigenvalue weighted by molar-refractivity contribution is -0.162. The lowest BCUT2D eigenvalue weighted by Gasteiger charge is -2.42. The molecule has 0 aromatic heterocycles. The minimum atomic E-state index is -1.88. The van der Waals surface area contributed by atoms with E-state index < -0.39 is 96.3 Å². The number of amides is 6. The molecule has 75 heavy (non-hydrogen) atoms. The van der Waals surface area contributed by atoms with Gasteiger partial charge >= 0.3 is 18.2 Å². The molecule has 4 aliphatic rings. The molecule has 21 nitrogen and oxygen atoms in total. The van der Waals surface area contributed by atoms with E-state index in [9.17, 15) is 38.7 Å². The van der Waals surface area contributed by atoms with Crippen LogP contribution in [0.25, 0.3) is 0 Å². The zero-order chi connectivity index (χ0) is 55.4. The molecule has 0 saturated carbocycles. The molecular weight excluding hydrogens is 1080 g/mol. The Hall–Kier alpha value is -4.91. The second-order valence-electron chi connectivity index (χ2n) is 19.5. The van der Waals surface area contributed by atoms with Gasteiger partial charge in [-0.3, -0.25) is 28.8 Å². The van der Waals surface area contributed by atoms with Gasteiger partial charge in [-0.25, -0.2) is 14.4 Å². The maximum atomic E-state index is 14.4. The van der Waals surface area contributed by atoms with Crippen LogP contribution in [0.5, 0.6) is 5.75 Å². The van der Waals surface area contributed by atoms with Crippen molar-refractivity contribution in [2.45, 2.75) is 133 Å². The Morgan fingerprint density at radius 1 is 1.08 bits per heavy atom. The Morgan fingerprint density at radius 3 is 2.49 bits per heavy atom. The van der Waals surface area contributed by atoms with Gasteiger partial charge in [0, 0.05) is 89.0 Å². The molecule has 4 bridgehead atoms. The number of aliphatic hydroxyl groups is 1. The number of alkyl carbamates (subject to hydrolysis) is 1. The van der Waals surface area contributed by atoms with Crippen LogP contribution in [0.15, 0.2) is 48.1 Å². The summed E-state index contributed by atoms with van der Waals surface area (Å²) in [6.07, 6.45) is 5.25. The molecule has 1 aliphatic carbocycles. The monoisotopic (exact) mass is 1150 g/mol. The Labute approximate surface area is 456 Å². The number of carbonyl (C=O) groups excluding carboxylic acids is 7. The fourth-order valence-corrected chi connectivity index (χ4v) is 10.2. The highest BCUT2D eigenvalue weighted by atomic mass is 79.9. The highest BCUT2D eigenvalue weighted by Crippen LogP contribution is 2.49. The molecule has 416 valence electrons. The molecule has 3 N–H and O–H groups in total. The van der Waals surface area contributed by atoms with E-state index in [1.54, 1.807) is 65.4 Å². The molecule has 2 saturated heterocycles. The first-order chi connectivity index (χ1) is 35.5. The first-order valence-electron chi connectivity index (χ1n) is 24.8. The summed E-state index contributed by atoms with van der Waals surface area (Å²) in [7, 11) is 8.97. The Kier molecular flexibility index (Phi) is 22.3. The number of anilines is 1. The summed E-state index contributed by atoms with van der Waals surface area (Å²) in [4.78, 5) is 98.3. The van der Waals surface area contributed by atoms with Gasteiger partial charge in [0.1, 0.15) is 53.4 Å². The van der Waals surface area contributed by atoms with E-state index >= 15 is 0 Å². The van der Waals surface area contributed by atoms with Crippen molar-refractivity contribution in [2.75, 3.05) is 72.8 Å². The average Bonchev–Trinajstić information content (AvgIpc) is 4.07. The predicted molar refractivity (Wildman–Crippen MR) is 283 cm³/mol. The molecule has 3 heterocycles. The lowest BCUT2D eigenvalue weighted by Crippen LogP contribution is -2.63. The second-order valence-corrected chi connectivity index (χ2v) is 21.4. The van der Waals surface area contributed by atoms with Gasteiger partial charge in [-0.05, 0) is 70.2 Å². The number of epoxide rings is 1. The number of nitrogens with zero attached hydrogens (tertiary/aromatic N) is 4. The standard InChI is InChI=1S/C51H72BrClN6O15S/c1-30-16-15-19-39(69-10)51(67)28-38(71-47(64)54-51)31(2)45-50(4,74-45)40(27-43(62)59(8)34-25-33(24-30)26-37(68-9)44(34)53)73-46(63)32(3)58(7)42(61)20-23-75-49(66)57(6)22-21-56(5)48(65)72-36-18-14-12-11-13-17-35(36)70-29-41(60)55-52/h14-16,18-19,25-26,31-32,35-36,38-40,45,67H,11-13,17,20-24,27-29H2,1-10H3,(H,54,64)(H,55,60)/b18-14+,19-15+,30-16+/t31-,32+,35?,36?,38+,39-,40+,45+,50+,51+/m1/s1. The number of benzene rings is 1. The van der Waals surface area contributed by atoms with Gasteiger partial charge in [0.15, 0.2) is 5.72 Å². The van der Waals surface area contributed by atoms with Crippen LogP contribution in [-0.2, 0) is 54.0 Å². The molecule has 5 rings (SSSR count). The Morgan fingerprint density at radius 2 is 1.80 bits per heavy atom. The fourth-order valence-electron chi connectivity index (χ4n) is 9.05. The van der Waals surface area contributed by atoms with Crippen LogP contribution in [0.1, 0.15) is 78.2 Å². The number of thioether (sulfide) groups is 1. The SMILES string of the molecule is COc1cc2cc(c1Cl)N(C)C(=O)C[C@H](OC(=O)[C@H](C)N(C)C(=O)CCSC(=O)N(C)CCN(C)C(=O)OC1/C=C/CCCCC1OCC(=O)NBr)[C@]1(C)O[C@H]1[C@H](C)[C@@H]1C[C@@](O)(NC(=O)O1)[C@H](OC)/C=C/C=C(\C)C2. The largest absolute Gasteiger partial charge is 0.495 e. The van der Waals surface area contributed by atoms with E-state index in [1.165, 1.54) is 47.8 Å². The molecule has 6 amide bonds. The van der Waals surface area contributed by atoms with Gasteiger partial charge in [0.25, 0.3) is 11.1 Å². The minimum Gasteiger partial charge on any atom is -0.495 e. The van der Waals surface area contributed by atoms with Gasteiger partial charge in [-0.15, -0.1) is 0 Å². The number of nitrogens with one attached hydrogen (secondary N) is 2. The number of rotatable bonds is 15. The first kappa shape index (κ1) is 60.9. The van der Waals surface area contributed by atoms with Gasteiger partial charge in [-0.2, -0.15) is 0 Å². The molecule has 1 aromatic carbocycles. The van der Waals surface area contributed by atoms with Gasteiger partial charge < -0.3 is 57.9 Å². The van der Waals surface area contributed by atoms with Crippen molar-refractivity contribution in [3.63, 3.8) is 0 Å². The maximum absolute atomic E-state index is 14.4. The number of fused-ring (bicyclic) bond motifs is 5. The zero-order valence-electron chi connectivity index (χ0n) is 44.3. The molecule has 2 unspecified atom stereocenters. The summed E-state index contributed by atoms with van der Waals surface area (Å²) in [6.45, 7) is 6.91. The smallest absolute Gasteiger partial charge is 0.410 e. The third-order valence-electron chi connectivity index (χ3n) is 14.0. The van der Waals surface area contributed by atoms with Crippen molar-refractivity contribution in [2.24, 2.45) is 5.92 Å². The van der Waals surface area contributed by atoms with Crippen molar-refractivity contribution >= 4 is 86.3 Å². The highest BCUT2D eigenvalue weighted by Gasteiger charge is 2.64. The van der Waals surface area contributed by atoms with Crippen LogP contribution in [0.4, 0.5) is 20.1 Å². The lowest BCUT2D eigenvalue weighted by atomic mass is 9.83. The maximum Gasteiger partial charge on any atom is 0.410 e. The summed E-state index contributed by atoms with van der Waals surface area (Å²) in [5, 5.41) is 14.2. The topological polar surface area (TPSA) is 245 Å². The molecule has 3 aliphatic heterocycles. The third kappa shape index (κ3) is 16.1. The number of ether oxygens (including phenoxy) is 7. The number of methoxy groups -OCH3 is 2. The number of halogens is 2. The molecule has 24 heteroatoms. The van der Waals surface area contributed by atoms with E-state index in [1.807, 2.05) is 19.1 Å². The van der Waals surface area contributed by atoms with Crippen molar-refractivity contribution in [3.05, 3.63) is 58.7 Å². The average molecular weight is 1160 g/mol. The molecule has 2 fully saturated rings. The quantitative estimate of drug-likeness (QED) is 0.0593. The van der Waals surface area contributed by atoms with E-state index in [2.05, 4.69) is 25.8 Å². The molecule has 10 atom stereocenters. The number of allylic oxidation sites excluding steroid dienone is 4. The van der Waals surface area contributed by atoms with E-state index in [-0.39, 0.29) is 54.5 Å². The van der Waals surface area contributed by atoms with E-state index in [0.717, 1.165) is 42.2 Å². The number of hydrogen-bond acceptors (Lipinski definition) is 16. The summed E-state index contributed by atoms with van der Waals surface area (Å²) >= 11 is 10.6. The summed E-state index contributed by atoms with van der Waals surface area (Å²) in [5.74, 6) is -2.36. The Balaban J connectivity index is 1.23. The molecule has 1 aromatic rings. The van der Waals surface area contributed by atoms with Gasteiger partial charge in [0.05, 0.1) is 31.4 Å². The van der Waals surface area contributed by atoms with Crippen molar-refractivity contribution < 1.29 is 71.8 Å². The predicted octanol–water partition coefficient (Wildman–Crippen LogP) is 6.07. The van der Waals surface area contributed by atoms with Crippen LogP contribution in [-0.4, -0.2) is 183 Å². The van der Waals surface area contributed by atoms with Crippen LogP contribution in [0.2, 0.25) is 5.02 Å². The van der Waals surface area contributed by atoms with Crippen molar-refractivity contribution in [3.8, 4) is 5.75 Å². The fraction of sp³-hybridized carbons (Fsp3) is 0.627. The summed E-state index contributed by atoms with van der Waals surface area (Å²) in [6, 6.07) is 2.38. The van der Waals surface area contributed by atoms with E-state index in [4.69, 9.17) is 44.8 Å². The van der Waals surface area contributed by atoms with Gasteiger partial charge in [-0.1, -0.05) is 66.6 Å². The normalized spacial score (nSPS) is 28.9. The number of esters is 1. The number of carbonyl (C=O) groups is 7. The van der Waals surface area contributed by atoms with Crippen LogP contribution in [0, 0.1) is 5.92 Å².